The number of amides is 1. The third-order valence-electron chi connectivity index (χ3n) is 3.07. The number of nitrogens with zero attached hydrogens (tertiary/aromatic N) is 1. The van der Waals surface area contributed by atoms with Crippen LogP contribution in [0, 0.1) is 11.3 Å². The molecule has 0 bridgehead atoms. The van der Waals surface area contributed by atoms with E-state index in [1.54, 1.807) is 6.07 Å². The zero-order valence-electron chi connectivity index (χ0n) is 11.6. The Hall–Kier alpha value is -2.71. The summed E-state index contributed by atoms with van der Waals surface area (Å²) in [6.45, 7) is 0. The summed E-state index contributed by atoms with van der Waals surface area (Å²) in [5, 5.41) is 12.7. The van der Waals surface area contributed by atoms with Crippen LogP contribution in [0.5, 0.6) is 0 Å². The summed E-state index contributed by atoms with van der Waals surface area (Å²) < 4.78 is 5.43. The highest BCUT2D eigenvalue weighted by Gasteiger charge is 2.16. The van der Waals surface area contributed by atoms with Gasteiger partial charge in [0.25, 0.3) is 0 Å². The van der Waals surface area contributed by atoms with E-state index in [-0.39, 0.29) is 17.4 Å². The second kappa shape index (κ2) is 6.37. The minimum absolute atomic E-state index is 0.124. The Balaban J connectivity index is 1.75. The van der Waals surface area contributed by atoms with E-state index in [9.17, 15) is 4.79 Å². The Morgan fingerprint density at radius 2 is 1.86 bits per heavy atom. The normalized spacial score (nSPS) is 10.3. The number of hydrogen-bond acceptors (Lipinski definition) is 4. The number of benzene rings is 2. The molecule has 1 aromatic heterocycles. The summed E-state index contributed by atoms with van der Waals surface area (Å²) >= 11 is 1.44. The molecule has 0 saturated heterocycles. The number of anilines is 1. The molecule has 3 aromatic rings. The van der Waals surface area contributed by atoms with Crippen LogP contribution < -0.4 is 5.32 Å². The standard InChI is InChI=1S/C17H12N2O2S/c18-10-15-17(13-8-4-5-9-14(13)21-15)19-16(20)11-22-12-6-2-1-3-7-12/h1-9H,11H2,(H,19,20). The van der Waals surface area contributed by atoms with Gasteiger partial charge < -0.3 is 9.73 Å². The number of rotatable bonds is 4. The third kappa shape index (κ3) is 2.97. The van der Waals surface area contributed by atoms with E-state index in [1.807, 2.05) is 54.6 Å². The molecule has 0 saturated carbocycles. The third-order valence-corrected chi connectivity index (χ3v) is 4.09. The Bertz CT molecular complexity index is 850. The molecule has 5 heteroatoms. The van der Waals surface area contributed by atoms with Crippen LogP contribution in [0.2, 0.25) is 0 Å². The van der Waals surface area contributed by atoms with Crippen molar-refractivity contribution in [3.63, 3.8) is 0 Å². The van der Waals surface area contributed by atoms with E-state index in [4.69, 9.17) is 9.68 Å². The largest absolute Gasteiger partial charge is 0.443 e. The van der Waals surface area contributed by atoms with E-state index in [1.165, 1.54) is 11.8 Å². The van der Waals surface area contributed by atoms with Crippen LogP contribution in [-0.2, 0) is 4.79 Å². The van der Waals surface area contributed by atoms with Crippen molar-refractivity contribution in [1.29, 1.82) is 5.26 Å². The maximum Gasteiger partial charge on any atom is 0.234 e. The van der Waals surface area contributed by atoms with Crippen LogP contribution in [0.4, 0.5) is 5.69 Å². The monoisotopic (exact) mass is 308 g/mol. The van der Waals surface area contributed by atoms with E-state index in [2.05, 4.69) is 5.32 Å². The zero-order chi connectivity index (χ0) is 15.4. The first kappa shape index (κ1) is 14.2. The molecular formula is C17H12N2O2S. The Morgan fingerprint density at radius 1 is 1.14 bits per heavy atom. The quantitative estimate of drug-likeness (QED) is 0.739. The van der Waals surface area contributed by atoms with Crippen LogP contribution in [0.3, 0.4) is 0 Å². The van der Waals surface area contributed by atoms with Gasteiger partial charge in [0.2, 0.25) is 11.7 Å². The summed E-state index contributed by atoms with van der Waals surface area (Å²) in [6, 6.07) is 18.9. The highest BCUT2D eigenvalue weighted by molar-refractivity contribution is 8.00. The lowest BCUT2D eigenvalue weighted by Gasteiger charge is -2.04. The van der Waals surface area contributed by atoms with Crippen molar-refractivity contribution in [3.05, 3.63) is 60.4 Å². The van der Waals surface area contributed by atoms with E-state index in [0.29, 0.717) is 11.3 Å². The van der Waals surface area contributed by atoms with Gasteiger partial charge in [-0.15, -0.1) is 11.8 Å². The van der Waals surface area contributed by atoms with Gasteiger partial charge in [-0.05, 0) is 24.3 Å². The van der Waals surface area contributed by atoms with Gasteiger partial charge in [0.05, 0.1) is 5.75 Å². The fourth-order valence-corrected chi connectivity index (χ4v) is 2.81. The van der Waals surface area contributed by atoms with E-state index < -0.39 is 0 Å². The van der Waals surface area contributed by atoms with Crippen LogP contribution >= 0.6 is 11.8 Å². The number of fused-ring (bicyclic) bond motifs is 1. The van der Waals surface area contributed by atoms with Crippen LogP contribution in [-0.4, -0.2) is 11.7 Å². The molecule has 0 aliphatic heterocycles. The van der Waals surface area contributed by atoms with Gasteiger partial charge in [0, 0.05) is 10.3 Å². The lowest BCUT2D eigenvalue weighted by atomic mass is 10.2. The summed E-state index contributed by atoms with van der Waals surface area (Å²) in [7, 11) is 0. The van der Waals surface area contributed by atoms with Gasteiger partial charge in [-0.1, -0.05) is 30.3 Å². The lowest BCUT2D eigenvalue weighted by Crippen LogP contribution is -2.14. The summed E-state index contributed by atoms with van der Waals surface area (Å²) in [6.07, 6.45) is 0. The summed E-state index contributed by atoms with van der Waals surface area (Å²) in [5.74, 6) is 0.227. The zero-order valence-corrected chi connectivity index (χ0v) is 12.4. The lowest BCUT2D eigenvalue weighted by molar-refractivity contribution is -0.113. The number of para-hydroxylation sites is 1. The van der Waals surface area contributed by atoms with Crippen molar-refractivity contribution in [2.45, 2.75) is 4.90 Å². The Kier molecular flexibility index (Phi) is 4.12. The number of thioether (sulfide) groups is 1. The molecule has 108 valence electrons. The second-order valence-corrected chi connectivity index (χ2v) is 5.61. The first-order chi connectivity index (χ1) is 10.8. The molecule has 0 aliphatic carbocycles. The Morgan fingerprint density at radius 3 is 2.64 bits per heavy atom. The minimum atomic E-state index is -0.170. The average molecular weight is 308 g/mol. The van der Waals surface area contributed by atoms with Crippen LogP contribution in [0.1, 0.15) is 5.76 Å². The van der Waals surface area contributed by atoms with Crippen molar-refractivity contribution >= 4 is 34.3 Å². The molecule has 22 heavy (non-hydrogen) atoms. The number of carbonyl (C=O) groups excluding carboxylic acids is 1. The van der Waals surface area contributed by atoms with E-state index >= 15 is 0 Å². The van der Waals surface area contributed by atoms with E-state index in [0.717, 1.165) is 10.3 Å². The summed E-state index contributed by atoms with van der Waals surface area (Å²) in [4.78, 5) is 13.1. The molecule has 0 fully saturated rings. The Labute approximate surface area is 131 Å². The smallest absolute Gasteiger partial charge is 0.234 e. The highest BCUT2D eigenvalue weighted by Crippen LogP contribution is 2.30. The maximum absolute atomic E-state index is 12.1. The molecule has 3 rings (SSSR count). The van der Waals surface area contributed by atoms with Gasteiger partial charge >= 0.3 is 0 Å². The predicted octanol–water partition coefficient (Wildman–Crippen LogP) is 4.04. The molecule has 1 amide bonds. The molecule has 1 N–H and O–H groups in total. The first-order valence-electron chi connectivity index (χ1n) is 6.67. The highest BCUT2D eigenvalue weighted by atomic mass is 32.2. The second-order valence-electron chi connectivity index (χ2n) is 4.56. The van der Waals surface area contributed by atoms with Gasteiger partial charge in [-0.2, -0.15) is 5.26 Å². The molecule has 0 atom stereocenters. The SMILES string of the molecule is N#Cc1oc2ccccc2c1NC(=O)CSc1ccccc1. The minimum Gasteiger partial charge on any atom is -0.443 e. The fourth-order valence-electron chi connectivity index (χ4n) is 2.09. The topological polar surface area (TPSA) is 66.0 Å². The molecule has 0 aliphatic rings. The molecular weight excluding hydrogens is 296 g/mol. The molecule has 1 heterocycles. The van der Waals surface area contributed by atoms with Gasteiger partial charge in [0.15, 0.2) is 0 Å². The van der Waals surface area contributed by atoms with Crippen LogP contribution in [0.15, 0.2) is 63.9 Å². The molecule has 2 aromatic carbocycles. The summed E-state index contributed by atoms with van der Waals surface area (Å²) in [5.41, 5.74) is 1.03. The number of carbonyl (C=O) groups is 1. The van der Waals surface area contributed by atoms with Gasteiger partial charge in [-0.3, -0.25) is 4.79 Å². The number of nitriles is 1. The number of furan rings is 1. The van der Waals surface area contributed by atoms with Crippen molar-refractivity contribution in [3.8, 4) is 6.07 Å². The van der Waals surface area contributed by atoms with Gasteiger partial charge in [0.1, 0.15) is 17.3 Å². The predicted molar refractivity (Wildman–Crippen MR) is 86.7 cm³/mol. The van der Waals surface area contributed by atoms with Crippen molar-refractivity contribution in [2.75, 3.05) is 11.1 Å². The molecule has 0 unspecified atom stereocenters. The van der Waals surface area contributed by atoms with Crippen molar-refractivity contribution in [2.24, 2.45) is 0 Å². The maximum atomic E-state index is 12.1. The van der Waals surface area contributed by atoms with Crippen LogP contribution in [0.25, 0.3) is 11.0 Å². The molecule has 4 nitrogen and oxygen atoms in total. The molecule has 0 radical (unpaired) electrons. The van der Waals surface area contributed by atoms with Crippen molar-refractivity contribution < 1.29 is 9.21 Å². The fraction of sp³-hybridized carbons (Fsp3) is 0.0588. The van der Waals surface area contributed by atoms with Crippen molar-refractivity contribution in [1.82, 2.24) is 0 Å². The first-order valence-corrected chi connectivity index (χ1v) is 7.66. The number of nitrogens with one attached hydrogen (secondary N) is 1. The van der Waals surface area contributed by atoms with Gasteiger partial charge in [-0.25, -0.2) is 0 Å². The molecule has 0 spiro atoms. The average Bonchev–Trinajstić information content (AvgIpc) is 2.92. The number of hydrogen-bond donors (Lipinski definition) is 1.